The summed E-state index contributed by atoms with van der Waals surface area (Å²) in [6, 6.07) is 6.50. The van der Waals surface area contributed by atoms with Gasteiger partial charge in [-0.3, -0.25) is 0 Å². The standard InChI is InChI=1S/C12H18BrClN2/c1-9(16(2)3)7-15-8-10-4-5-11(13)6-12(10)14/h4-6,9,15H,7-8H2,1-3H3. The van der Waals surface area contributed by atoms with Crippen molar-refractivity contribution in [2.45, 2.75) is 19.5 Å². The van der Waals surface area contributed by atoms with Gasteiger partial charge in [0.2, 0.25) is 0 Å². The van der Waals surface area contributed by atoms with E-state index in [2.05, 4.69) is 47.2 Å². The van der Waals surface area contributed by atoms with Gasteiger partial charge in [-0.25, -0.2) is 0 Å². The molecular formula is C12H18BrClN2. The summed E-state index contributed by atoms with van der Waals surface area (Å²) in [7, 11) is 4.16. The Morgan fingerprint density at radius 1 is 1.44 bits per heavy atom. The number of hydrogen-bond acceptors (Lipinski definition) is 2. The van der Waals surface area contributed by atoms with Gasteiger partial charge >= 0.3 is 0 Å². The van der Waals surface area contributed by atoms with Crippen LogP contribution in [0.25, 0.3) is 0 Å². The molecule has 0 aliphatic carbocycles. The average molecular weight is 306 g/mol. The first kappa shape index (κ1) is 14.0. The summed E-state index contributed by atoms with van der Waals surface area (Å²) in [6.45, 7) is 3.96. The molecule has 0 aliphatic rings. The molecule has 0 amide bonds. The van der Waals surface area contributed by atoms with Crippen molar-refractivity contribution >= 4 is 27.5 Å². The zero-order valence-electron chi connectivity index (χ0n) is 9.93. The van der Waals surface area contributed by atoms with E-state index in [1.165, 1.54) is 0 Å². The highest BCUT2D eigenvalue weighted by molar-refractivity contribution is 9.10. The van der Waals surface area contributed by atoms with Crippen LogP contribution in [0, 0.1) is 0 Å². The van der Waals surface area contributed by atoms with Crippen molar-refractivity contribution in [2.75, 3.05) is 20.6 Å². The quantitative estimate of drug-likeness (QED) is 0.899. The van der Waals surface area contributed by atoms with Crippen LogP contribution in [-0.4, -0.2) is 31.6 Å². The van der Waals surface area contributed by atoms with E-state index in [1.807, 2.05) is 18.2 Å². The van der Waals surface area contributed by atoms with Crippen LogP contribution in [0.3, 0.4) is 0 Å². The number of nitrogens with zero attached hydrogens (tertiary/aromatic N) is 1. The maximum Gasteiger partial charge on any atom is 0.0462 e. The van der Waals surface area contributed by atoms with Gasteiger partial charge in [-0.15, -0.1) is 0 Å². The van der Waals surface area contributed by atoms with E-state index in [0.29, 0.717) is 6.04 Å². The molecule has 0 heterocycles. The summed E-state index contributed by atoms with van der Waals surface area (Å²) in [4.78, 5) is 2.19. The maximum absolute atomic E-state index is 6.13. The van der Waals surface area contributed by atoms with Gasteiger partial charge in [-0.05, 0) is 38.7 Å². The Balaban J connectivity index is 2.43. The molecule has 0 fully saturated rings. The van der Waals surface area contributed by atoms with Crippen LogP contribution in [0.15, 0.2) is 22.7 Å². The first-order valence-electron chi connectivity index (χ1n) is 5.31. The molecule has 0 saturated carbocycles. The molecule has 0 aliphatic heterocycles. The number of hydrogen-bond donors (Lipinski definition) is 1. The van der Waals surface area contributed by atoms with E-state index in [9.17, 15) is 0 Å². The molecule has 1 unspecified atom stereocenters. The lowest BCUT2D eigenvalue weighted by Gasteiger charge is -2.20. The second-order valence-corrected chi connectivity index (χ2v) is 5.50. The lowest BCUT2D eigenvalue weighted by molar-refractivity contribution is 0.302. The van der Waals surface area contributed by atoms with Crippen LogP contribution in [0.4, 0.5) is 0 Å². The zero-order valence-corrected chi connectivity index (χ0v) is 12.3. The van der Waals surface area contributed by atoms with E-state index in [4.69, 9.17) is 11.6 Å². The Morgan fingerprint density at radius 3 is 2.69 bits per heavy atom. The SMILES string of the molecule is CC(CNCc1ccc(Br)cc1Cl)N(C)C. The Kier molecular flexibility index (Phi) is 5.76. The van der Waals surface area contributed by atoms with Gasteiger partial charge < -0.3 is 10.2 Å². The first-order chi connectivity index (χ1) is 7.50. The molecule has 0 aromatic heterocycles. The lowest BCUT2D eigenvalue weighted by atomic mass is 10.2. The van der Waals surface area contributed by atoms with E-state index < -0.39 is 0 Å². The number of rotatable bonds is 5. The summed E-state index contributed by atoms with van der Waals surface area (Å²) < 4.78 is 1.02. The van der Waals surface area contributed by atoms with Gasteiger partial charge in [0.1, 0.15) is 0 Å². The minimum Gasteiger partial charge on any atom is -0.311 e. The molecule has 1 rings (SSSR count). The zero-order chi connectivity index (χ0) is 12.1. The highest BCUT2D eigenvalue weighted by Gasteiger charge is 2.05. The molecule has 1 aromatic carbocycles. The average Bonchev–Trinajstić information content (AvgIpc) is 2.20. The van der Waals surface area contributed by atoms with Crippen LogP contribution in [-0.2, 0) is 6.54 Å². The number of nitrogens with one attached hydrogen (secondary N) is 1. The highest BCUT2D eigenvalue weighted by Crippen LogP contribution is 2.21. The first-order valence-corrected chi connectivity index (χ1v) is 6.49. The van der Waals surface area contributed by atoms with Crippen molar-refractivity contribution in [3.8, 4) is 0 Å². The van der Waals surface area contributed by atoms with Crippen molar-refractivity contribution < 1.29 is 0 Å². The van der Waals surface area contributed by atoms with Crippen LogP contribution in [0.1, 0.15) is 12.5 Å². The van der Waals surface area contributed by atoms with E-state index in [0.717, 1.165) is 28.1 Å². The fourth-order valence-corrected chi connectivity index (χ4v) is 2.00. The van der Waals surface area contributed by atoms with Crippen LogP contribution >= 0.6 is 27.5 Å². The monoisotopic (exact) mass is 304 g/mol. The molecule has 0 bridgehead atoms. The molecule has 1 atom stereocenters. The number of likely N-dealkylation sites (N-methyl/N-ethyl adjacent to an activating group) is 1. The third-order valence-corrected chi connectivity index (χ3v) is 3.50. The lowest BCUT2D eigenvalue weighted by Crippen LogP contribution is -2.35. The molecule has 0 saturated heterocycles. The Morgan fingerprint density at radius 2 is 2.12 bits per heavy atom. The number of benzene rings is 1. The van der Waals surface area contributed by atoms with Crippen LogP contribution in [0.2, 0.25) is 5.02 Å². The second kappa shape index (κ2) is 6.60. The van der Waals surface area contributed by atoms with Crippen molar-refractivity contribution in [2.24, 2.45) is 0 Å². The summed E-state index contributed by atoms with van der Waals surface area (Å²) in [5.41, 5.74) is 1.14. The minimum atomic E-state index is 0.522. The van der Waals surface area contributed by atoms with E-state index in [1.54, 1.807) is 0 Å². The molecule has 0 radical (unpaired) electrons. The fraction of sp³-hybridized carbons (Fsp3) is 0.500. The Bertz CT molecular complexity index is 342. The van der Waals surface area contributed by atoms with Gasteiger partial charge in [0.15, 0.2) is 0 Å². The predicted molar refractivity (Wildman–Crippen MR) is 74.0 cm³/mol. The molecule has 2 nitrogen and oxygen atoms in total. The van der Waals surface area contributed by atoms with Gasteiger partial charge in [0, 0.05) is 28.6 Å². The normalized spacial score (nSPS) is 13.1. The van der Waals surface area contributed by atoms with Gasteiger partial charge in [-0.1, -0.05) is 33.6 Å². The highest BCUT2D eigenvalue weighted by atomic mass is 79.9. The molecule has 1 aromatic rings. The Hall–Kier alpha value is -0.0900. The summed E-state index contributed by atoms with van der Waals surface area (Å²) in [5, 5.41) is 4.21. The molecule has 16 heavy (non-hydrogen) atoms. The molecule has 1 N–H and O–H groups in total. The maximum atomic E-state index is 6.13. The van der Waals surface area contributed by atoms with Crippen LogP contribution < -0.4 is 5.32 Å². The van der Waals surface area contributed by atoms with E-state index in [-0.39, 0.29) is 0 Å². The van der Waals surface area contributed by atoms with Crippen molar-refractivity contribution in [1.82, 2.24) is 10.2 Å². The third-order valence-electron chi connectivity index (χ3n) is 2.65. The summed E-state index contributed by atoms with van der Waals surface area (Å²) in [5.74, 6) is 0. The largest absolute Gasteiger partial charge is 0.311 e. The molecular weight excluding hydrogens is 288 g/mol. The van der Waals surface area contributed by atoms with Crippen molar-refractivity contribution in [1.29, 1.82) is 0 Å². The summed E-state index contributed by atoms with van der Waals surface area (Å²) >= 11 is 9.52. The third kappa shape index (κ3) is 4.42. The molecule has 0 spiro atoms. The number of halogens is 2. The molecule has 90 valence electrons. The topological polar surface area (TPSA) is 15.3 Å². The van der Waals surface area contributed by atoms with Crippen molar-refractivity contribution in [3.05, 3.63) is 33.3 Å². The van der Waals surface area contributed by atoms with Gasteiger partial charge in [-0.2, -0.15) is 0 Å². The smallest absolute Gasteiger partial charge is 0.0462 e. The van der Waals surface area contributed by atoms with Crippen molar-refractivity contribution in [3.63, 3.8) is 0 Å². The minimum absolute atomic E-state index is 0.522. The van der Waals surface area contributed by atoms with Gasteiger partial charge in [0.25, 0.3) is 0 Å². The van der Waals surface area contributed by atoms with Crippen LogP contribution in [0.5, 0.6) is 0 Å². The van der Waals surface area contributed by atoms with Gasteiger partial charge in [0.05, 0.1) is 0 Å². The molecule has 4 heteroatoms. The van der Waals surface area contributed by atoms with E-state index >= 15 is 0 Å². The second-order valence-electron chi connectivity index (χ2n) is 4.18. The summed E-state index contributed by atoms with van der Waals surface area (Å²) in [6.07, 6.45) is 0. The Labute approximate surface area is 111 Å². The predicted octanol–water partition coefficient (Wildman–Crippen LogP) is 3.14. The fourth-order valence-electron chi connectivity index (χ4n) is 1.26.